The molecule has 2 amide bonds. The van der Waals surface area contributed by atoms with Crippen molar-refractivity contribution < 1.29 is 14.9 Å². The van der Waals surface area contributed by atoms with Crippen molar-refractivity contribution in [1.29, 1.82) is 0 Å². The molecule has 0 aliphatic heterocycles. The second-order valence-electron chi connectivity index (χ2n) is 6.94. The lowest BCUT2D eigenvalue weighted by Crippen LogP contribution is -2.87. The Hall–Kier alpha value is -3.44. The first-order valence-corrected chi connectivity index (χ1v) is 9.63. The number of rotatable bonds is 7. The Morgan fingerprint density at radius 2 is 1.48 bits per heavy atom. The van der Waals surface area contributed by atoms with E-state index in [1.807, 2.05) is 23.5 Å². The second-order valence-corrected chi connectivity index (χ2v) is 6.94. The van der Waals surface area contributed by atoms with E-state index in [0.717, 1.165) is 11.1 Å². The minimum Gasteiger partial charge on any atom is -0.355 e. The number of carbonyl (C=O) groups is 2. The number of aryl methyl sites for hydroxylation is 1. The molecule has 0 bridgehead atoms. The molecule has 0 radical (unpaired) electrons. The van der Waals surface area contributed by atoms with E-state index in [0.29, 0.717) is 11.3 Å². The van der Waals surface area contributed by atoms with Crippen molar-refractivity contribution in [1.82, 2.24) is 5.32 Å². The van der Waals surface area contributed by atoms with Crippen LogP contribution in [0.1, 0.15) is 33.1 Å². The predicted molar refractivity (Wildman–Crippen MR) is 115 cm³/mol. The van der Waals surface area contributed by atoms with E-state index in [4.69, 9.17) is 0 Å². The largest absolute Gasteiger partial charge is 0.355 e. The molecule has 0 aliphatic rings. The topological polar surface area (TPSA) is 74.8 Å². The van der Waals surface area contributed by atoms with E-state index < -0.39 is 0 Å². The molecule has 148 valence electrons. The van der Waals surface area contributed by atoms with E-state index in [9.17, 15) is 9.59 Å². The first-order chi connectivity index (χ1) is 14.1. The summed E-state index contributed by atoms with van der Waals surface area (Å²) in [6.07, 6.45) is 0. The highest BCUT2D eigenvalue weighted by molar-refractivity contribution is 5.95. The van der Waals surface area contributed by atoms with Crippen molar-refractivity contribution in [3.8, 4) is 0 Å². The third-order valence-electron chi connectivity index (χ3n) is 4.79. The first kappa shape index (κ1) is 20.3. The number of nitrogens with two attached hydrogens (primary N) is 1. The lowest BCUT2D eigenvalue weighted by atomic mass is 9.98. The molecule has 5 nitrogen and oxygen atoms in total. The Morgan fingerprint density at radius 1 is 0.862 bits per heavy atom. The molecule has 0 heterocycles. The van der Waals surface area contributed by atoms with E-state index in [1.165, 1.54) is 5.56 Å². The normalized spacial score (nSPS) is 11.5. The quantitative estimate of drug-likeness (QED) is 0.582. The molecule has 4 N–H and O–H groups in total. The molecular weight excluding hydrogens is 362 g/mol. The van der Waals surface area contributed by atoms with Crippen LogP contribution in [0.2, 0.25) is 0 Å². The monoisotopic (exact) mass is 388 g/mol. The van der Waals surface area contributed by atoms with Gasteiger partial charge >= 0.3 is 0 Å². The smallest absolute Gasteiger partial charge is 0.279 e. The second kappa shape index (κ2) is 9.66. The molecule has 3 rings (SSSR count). The number of hydrogen-bond acceptors (Lipinski definition) is 2. The number of amides is 2. The Balaban J connectivity index is 1.66. The summed E-state index contributed by atoms with van der Waals surface area (Å²) < 4.78 is 0. The van der Waals surface area contributed by atoms with E-state index >= 15 is 0 Å². The zero-order chi connectivity index (χ0) is 20.6. The molecule has 0 aliphatic carbocycles. The van der Waals surface area contributed by atoms with Crippen LogP contribution in [0.15, 0.2) is 78.9 Å². The summed E-state index contributed by atoms with van der Waals surface area (Å²) in [4.78, 5) is 24.1. The summed E-state index contributed by atoms with van der Waals surface area (Å²) in [6, 6.07) is 25.5. The van der Waals surface area contributed by atoms with Crippen LogP contribution in [-0.4, -0.2) is 25.4 Å². The molecule has 3 aromatic rings. The molecule has 3 aromatic carbocycles. The van der Waals surface area contributed by atoms with Gasteiger partial charge in [0.05, 0.1) is 0 Å². The van der Waals surface area contributed by atoms with Gasteiger partial charge in [0, 0.05) is 29.4 Å². The van der Waals surface area contributed by atoms with Crippen LogP contribution >= 0.6 is 0 Å². The highest BCUT2D eigenvalue weighted by atomic mass is 16.2. The zero-order valence-corrected chi connectivity index (χ0v) is 16.7. The SMILES string of the molecule is CNC(=O)c1ccc(NC(=O)C[NH2+][C@@H](c2ccccc2)c2ccc(C)cc2)cc1. The highest BCUT2D eigenvalue weighted by Crippen LogP contribution is 2.18. The van der Waals surface area contributed by atoms with Gasteiger partial charge in [0.2, 0.25) is 0 Å². The van der Waals surface area contributed by atoms with Crippen molar-refractivity contribution in [2.75, 3.05) is 18.9 Å². The minimum atomic E-state index is -0.153. The summed E-state index contributed by atoms with van der Waals surface area (Å²) >= 11 is 0. The Labute approximate surface area is 171 Å². The maximum absolute atomic E-state index is 12.5. The third-order valence-corrected chi connectivity index (χ3v) is 4.79. The van der Waals surface area contributed by atoms with Gasteiger partial charge in [0.15, 0.2) is 6.54 Å². The molecule has 0 aromatic heterocycles. The van der Waals surface area contributed by atoms with Crippen LogP contribution in [0.3, 0.4) is 0 Å². The number of hydrogen-bond donors (Lipinski definition) is 3. The summed E-state index contributed by atoms with van der Waals surface area (Å²) in [5, 5.41) is 7.51. The van der Waals surface area contributed by atoms with E-state index in [1.54, 1.807) is 31.3 Å². The molecule has 0 unspecified atom stereocenters. The molecule has 1 atom stereocenters. The van der Waals surface area contributed by atoms with E-state index in [-0.39, 0.29) is 24.4 Å². The number of carbonyl (C=O) groups excluding carboxylic acids is 2. The summed E-state index contributed by atoms with van der Waals surface area (Å²) in [5.41, 5.74) is 4.74. The summed E-state index contributed by atoms with van der Waals surface area (Å²) in [5.74, 6) is -0.245. The highest BCUT2D eigenvalue weighted by Gasteiger charge is 2.19. The van der Waals surface area contributed by atoms with Crippen molar-refractivity contribution in [3.63, 3.8) is 0 Å². The standard InChI is InChI=1S/C24H25N3O2/c1-17-8-10-19(11-9-17)23(18-6-4-3-5-7-18)26-16-22(28)27-21-14-12-20(13-15-21)24(29)25-2/h3-15,23,26H,16H2,1-2H3,(H,25,29)(H,27,28)/p+1/t23-/m0/s1. The fourth-order valence-electron chi connectivity index (χ4n) is 3.18. The van der Waals surface area contributed by atoms with Crippen LogP contribution in [0.5, 0.6) is 0 Å². The van der Waals surface area contributed by atoms with E-state index in [2.05, 4.69) is 54.0 Å². The molecule has 0 saturated carbocycles. The molecule has 0 spiro atoms. The lowest BCUT2D eigenvalue weighted by molar-refractivity contribution is -0.676. The Bertz CT molecular complexity index is 952. The number of anilines is 1. The molecular formula is C24H26N3O2+. The van der Waals surface area contributed by atoms with Gasteiger partial charge in [0.1, 0.15) is 6.04 Å². The molecule has 29 heavy (non-hydrogen) atoms. The van der Waals surface area contributed by atoms with Crippen molar-refractivity contribution in [3.05, 3.63) is 101 Å². The average molecular weight is 388 g/mol. The minimum absolute atomic E-state index is 0.0400. The number of quaternary nitrogens is 1. The van der Waals surface area contributed by atoms with Crippen molar-refractivity contribution in [2.24, 2.45) is 0 Å². The van der Waals surface area contributed by atoms with Crippen LogP contribution in [0, 0.1) is 6.92 Å². The van der Waals surface area contributed by atoms with Crippen LogP contribution in [0.25, 0.3) is 0 Å². The predicted octanol–water partition coefficient (Wildman–Crippen LogP) is 2.65. The van der Waals surface area contributed by atoms with Crippen LogP contribution < -0.4 is 16.0 Å². The Morgan fingerprint density at radius 3 is 2.10 bits per heavy atom. The van der Waals surface area contributed by atoms with Gasteiger partial charge in [-0.15, -0.1) is 0 Å². The van der Waals surface area contributed by atoms with Gasteiger partial charge < -0.3 is 16.0 Å². The molecule has 5 heteroatoms. The first-order valence-electron chi connectivity index (χ1n) is 9.63. The van der Waals surface area contributed by atoms with Gasteiger partial charge in [-0.3, -0.25) is 9.59 Å². The third kappa shape index (κ3) is 5.53. The number of nitrogens with one attached hydrogen (secondary N) is 2. The van der Waals surface area contributed by atoms with Crippen molar-refractivity contribution >= 4 is 17.5 Å². The fraction of sp³-hybridized carbons (Fsp3) is 0.167. The average Bonchev–Trinajstić information content (AvgIpc) is 2.76. The van der Waals surface area contributed by atoms with Gasteiger partial charge in [-0.2, -0.15) is 0 Å². The maximum Gasteiger partial charge on any atom is 0.279 e. The van der Waals surface area contributed by atoms with Crippen molar-refractivity contribution in [2.45, 2.75) is 13.0 Å². The van der Waals surface area contributed by atoms with Crippen LogP contribution in [-0.2, 0) is 4.79 Å². The van der Waals surface area contributed by atoms with Gasteiger partial charge in [-0.05, 0) is 31.2 Å². The molecule has 0 saturated heterocycles. The van der Waals surface area contributed by atoms with Gasteiger partial charge in [0.25, 0.3) is 11.8 Å². The summed E-state index contributed by atoms with van der Waals surface area (Å²) in [7, 11) is 1.59. The Kier molecular flexibility index (Phi) is 6.76. The summed E-state index contributed by atoms with van der Waals surface area (Å²) in [6.45, 7) is 2.35. The van der Waals surface area contributed by atoms with Gasteiger partial charge in [-0.1, -0.05) is 60.2 Å². The van der Waals surface area contributed by atoms with Gasteiger partial charge in [-0.25, -0.2) is 0 Å². The maximum atomic E-state index is 12.5. The lowest BCUT2D eigenvalue weighted by Gasteiger charge is -2.17. The zero-order valence-electron chi connectivity index (χ0n) is 16.7. The molecule has 0 fully saturated rings. The fourth-order valence-corrected chi connectivity index (χ4v) is 3.18. The number of benzene rings is 3. The van der Waals surface area contributed by atoms with Crippen LogP contribution in [0.4, 0.5) is 5.69 Å².